The van der Waals surface area contributed by atoms with Crippen molar-refractivity contribution in [3.63, 3.8) is 0 Å². The lowest BCUT2D eigenvalue weighted by Crippen LogP contribution is -2.56. The monoisotopic (exact) mass is 295 g/mol. The van der Waals surface area contributed by atoms with Crippen LogP contribution in [-0.2, 0) is 4.74 Å². The van der Waals surface area contributed by atoms with E-state index in [0.29, 0.717) is 19.7 Å². The summed E-state index contributed by atoms with van der Waals surface area (Å²) in [6.07, 6.45) is 3.29. The number of nitrogens with one attached hydrogen (secondary N) is 1. The maximum Gasteiger partial charge on any atom is 0.358 e. The molecule has 2 amide bonds. The third-order valence-electron chi connectivity index (χ3n) is 3.74. The molecule has 21 heavy (non-hydrogen) atoms. The first-order valence-corrected chi connectivity index (χ1v) is 6.92. The summed E-state index contributed by atoms with van der Waals surface area (Å²) in [5.41, 5.74) is -0.0859. The highest BCUT2D eigenvalue weighted by molar-refractivity contribution is 5.84. The maximum absolute atomic E-state index is 12.0. The predicted octanol–water partition coefficient (Wildman–Crippen LogP) is -0.278. The topological polar surface area (TPSA) is 110 Å². The molecule has 0 saturated carbocycles. The Hall–Kier alpha value is -2.16. The minimum Gasteiger partial charge on any atom is -0.476 e. The smallest absolute Gasteiger partial charge is 0.358 e. The van der Waals surface area contributed by atoms with Gasteiger partial charge in [0.15, 0.2) is 5.69 Å². The molecule has 0 spiro atoms. The number of hydrogen-bond acceptors (Lipinski definition) is 5. The number of urea groups is 1. The number of carbonyl (C=O) groups is 2. The average Bonchev–Trinajstić information content (AvgIpc) is 2.88. The lowest BCUT2D eigenvalue weighted by molar-refractivity contribution is 0.0643. The fourth-order valence-corrected chi connectivity index (χ4v) is 2.46. The maximum atomic E-state index is 12.0. The van der Waals surface area contributed by atoms with Gasteiger partial charge in [-0.2, -0.15) is 0 Å². The molecule has 3 heterocycles. The number of ether oxygens (including phenoxy) is 1. The number of aromatic carboxylic acids is 1. The van der Waals surface area contributed by atoms with Gasteiger partial charge in [0.2, 0.25) is 0 Å². The summed E-state index contributed by atoms with van der Waals surface area (Å²) >= 11 is 0. The molecule has 2 fully saturated rings. The molecule has 2 N–H and O–H groups in total. The van der Waals surface area contributed by atoms with Crippen LogP contribution >= 0.6 is 0 Å². The van der Waals surface area contributed by atoms with E-state index in [9.17, 15) is 9.59 Å². The highest BCUT2D eigenvalue weighted by atomic mass is 16.5. The van der Waals surface area contributed by atoms with Crippen LogP contribution in [0.1, 0.15) is 29.4 Å². The van der Waals surface area contributed by atoms with E-state index >= 15 is 0 Å². The average molecular weight is 295 g/mol. The van der Waals surface area contributed by atoms with Crippen molar-refractivity contribution >= 4 is 12.0 Å². The van der Waals surface area contributed by atoms with E-state index in [2.05, 4.69) is 15.6 Å². The zero-order valence-corrected chi connectivity index (χ0v) is 11.4. The van der Waals surface area contributed by atoms with Crippen molar-refractivity contribution in [2.24, 2.45) is 0 Å². The van der Waals surface area contributed by atoms with Gasteiger partial charge < -0.3 is 20.1 Å². The second-order valence-electron chi connectivity index (χ2n) is 5.31. The number of carboxylic acid groups (broad SMARTS) is 1. The molecule has 1 aromatic rings. The second-order valence-corrected chi connectivity index (χ2v) is 5.31. The number of carbonyl (C=O) groups excluding carboxylic acids is 1. The van der Waals surface area contributed by atoms with Gasteiger partial charge in [-0.25, -0.2) is 14.3 Å². The number of likely N-dealkylation sites (tertiary alicyclic amines) is 1. The van der Waals surface area contributed by atoms with Gasteiger partial charge in [0.25, 0.3) is 0 Å². The number of nitrogens with zero attached hydrogens (tertiary/aromatic N) is 4. The highest BCUT2D eigenvalue weighted by Crippen LogP contribution is 2.20. The van der Waals surface area contributed by atoms with Crippen molar-refractivity contribution < 1.29 is 19.4 Å². The van der Waals surface area contributed by atoms with Gasteiger partial charge in [-0.05, 0) is 12.8 Å². The predicted molar refractivity (Wildman–Crippen MR) is 70.0 cm³/mol. The molecule has 9 nitrogen and oxygen atoms in total. The Balaban J connectivity index is 1.48. The molecule has 0 aromatic carbocycles. The minimum atomic E-state index is -1.10. The number of carboxylic acids is 1. The SMILES string of the molecule is O=C(O)c1cn(C2CN(C(=O)NC3CCCOC3)C2)nn1. The molecule has 0 aliphatic carbocycles. The van der Waals surface area contributed by atoms with Crippen molar-refractivity contribution in [3.05, 3.63) is 11.9 Å². The zero-order chi connectivity index (χ0) is 14.8. The quantitative estimate of drug-likeness (QED) is 0.794. The summed E-state index contributed by atoms with van der Waals surface area (Å²) in [6.45, 7) is 2.33. The Bertz CT molecular complexity index is 534. The van der Waals surface area contributed by atoms with Gasteiger partial charge >= 0.3 is 12.0 Å². The van der Waals surface area contributed by atoms with Crippen LogP contribution in [0.25, 0.3) is 0 Å². The molecular weight excluding hydrogens is 278 g/mol. The van der Waals surface area contributed by atoms with Gasteiger partial charge in [0, 0.05) is 19.7 Å². The summed E-state index contributed by atoms with van der Waals surface area (Å²) in [4.78, 5) is 24.4. The molecule has 2 saturated heterocycles. The van der Waals surface area contributed by atoms with Gasteiger partial charge in [-0.3, -0.25) is 0 Å². The molecule has 1 atom stereocenters. The summed E-state index contributed by atoms with van der Waals surface area (Å²) in [6, 6.07) is -0.0467. The van der Waals surface area contributed by atoms with Gasteiger partial charge in [-0.15, -0.1) is 5.10 Å². The van der Waals surface area contributed by atoms with Crippen molar-refractivity contribution in [2.75, 3.05) is 26.3 Å². The summed E-state index contributed by atoms with van der Waals surface area (Å²) < 4.78 is 6.82. The highest BCUT2D eigenvalue weighted by Gasteiger charge is 2.34. The van der Waals surface area contributed by atoms with Crippen LogP contribution in [0, 0.1) is 0 Å². The van der Waals surface area contributed by atoms with Crippen LogP contribution < -0.4 is 5.32 Å². The number of hydrogen-bond donors (Lipinski definition) is 2. The first-order chi connectivity index (χ1) is 10.1. The third kappa shape index (κ3) is 2.97. The van der Waals surface area contributed by atoms with E-state index in [0.717, 1.165) is 19.4 Å². The molecule has 2 aliphatic rings. The normalized spacial score (nSPS) is 22.7. The molecule has 1 aromatic heterocycles. The molecule has 9 heteroatoms. The Morgan fingerprint density at radius 3 is 2.86 bits per heavy atom. The van der Waals surface area contributed by atoms with Crippen LogP contribution in [0.3, 0.4) is 0 Å². The Morgan fingerprint density at radius 2 is 2.24 bits per heavy atom. The molecule has 114 valence electrons. The van der Waals surface area contributed by atoms with E-state index in [1.165, 1.54) is 10.9 Å². The third-order valence-corrected chi connectivity index (χ3v) is 3.74. The lowest BCUT2D eigenvalue weighted by Gasteiger charge is -2.39. The van der Waals surface area contributed by atoms with Crippen LogP contribution in [0.15, 0.2) is 6.20 Å². The van der Waals surface area contributed by atoms with Crippen molar-refractivity contribution in [1.82, 2.24) is 25.2 Å². The van der Waals surface area contributed by atoms with Crippen molar-refractivity contribution in [1.29, 1.82) is 0 Å². The van der Waals surface area contributed by atoms with E-state index in [1.807, 2.05) is 0 Å². The standard InChI is InChI=1S/C12H17N5O4/c18-11(19)10-6-17(15-14-10)9-4-16(5-9)12(20)13-8-2-1-3-21-7-8/h6,8-9H,1-5,7H2,(H,13,20)(H,18,19). The van der Waals surface area contributed by atoms with Gasteiger partial charge in [0.1, 0.15) is 0 Å². The second kappa shape index (κ2) is 5.68. The van der Waals surface area contributed by atoms with Crippen LogP contribution in [0.5, 0.6) is 0 Å². The van der Waals surface area contributed by atoms with Crippen LogP contribution in [0.4, 0.5) is 4.79 Å². The fraction of sp³-hybridized carbons (Fsp3) is 0.667. The Labute approximate surface area is 120 Å². The molecule has 2 aliphatic heterocycles. The first-order valence-electron chi connectivity index (χ1n) is 6.92. The number of rotatable bonds is 3. The largest absolute Gasteiger partial charge is 0.476 e. The minimum absolute atomic E-state index is 0.0149. The number of amides is 2. The lowest BCUT2D eigenvalue weighted by atomic mass is 10.1. The van der Waals surface area contributed by atoms with Gasteiger partial charge in [0.05, 0.1) is 24.9 Å². The zero-order valence-electron chi connectivity index (χ0n) is 11.4. The number of aromatic nitrogens is 3. The molecule has 3 rings (SSSR count). The summed E-state index contributed by atoms with van der Waals surface area (Å²) in [5.74, 6) is -1.10. The van der Waals surface area contributed by atoms with Crippen molar-refractivity contribution in [2.45, 2.75) is 24.9 Å². The molecule has 1 unspecified atom stereocenters. The Kier molecular flexibility index (Phi) is 3.74. The first kappa shape index (κ1) is 13.8. The summed E-state index contributed by atoms with van der Waals surface area (Å²) in [7, 11) is 0. The van der Waals surface area contributed by atoms with Crippen LogP contribution in [0.2, 0.25) is 0 Å². The molecular formula is C12H17N5O4. The summed E-state index contributed by atoms with van der Waals surface area (Å²) in [5, 5.41) is 19.1. The van der Waals surface area contributed by atoms with E-state index in [1.54, 1.807) is 4.90 Å². The van der Waals surface area contributed by atoms with Crippen molar-refractivity contribution in [3.8, 4) is 0 Å². The van der Waals surface area contributed by atoms with Gasteiger partial charge in [-0.1, -0.05) is 5.21 Å². The van der Waals surface area contributed by atoms with E-state index < -0.39 is 5.97 Å². The van der Waals surface area contributed by atoms with Crippen LogP contribution in [-0.4, -0.2) is 69.3 Å². The fourth-order valence-electron chi connectivity index (χ4n) is 2.46. The molecule has 0 radical (unpaired) electrons. The Morgan fingerprint density at radius 1 is 1.43 bits per heavy atom. The van der Waals surface area contributed by atoms with E-state index in [4.69, 9.17) is 9.84 Å². The molecule has 0 bridgehead atoms. The van der Waals surface area contributed by atoms with E-state index in [-0.39, 0.29) is 23.8 Å².